The van der Waals surface area contributed by atoms with Crippen LogP contribution in [-0.2, 0) is 6.54 Å². The number of rotatable bonds is 2. The minimum Gasteiger partial charge on any atom is -0.321 e. The van der Waals surface area contributed by atoms with E-state index in [9.17, 15) is 0 Å². The van der Waals surface area contributed by atoms with Crippen LogP contribution in [0.25, 0.3) is 0 Å². The van der Waals surface area contributed by atoms with Crippen LogP contribution in [0, 0.1) is 14.3 Å². The SMILES string of the molecule is Cc1cccc(Cn2cnc(I)c2I)c1. The molecular formula is C11H10I2N2. The van der Waals surface area contributed by atoms with Crippen LogP contribution in [0.1, 0.15) is 11.1 Å². The zero-order valence-electron chi connectivity index (χ0n) is 8.24. The third kappa shape index (κ3) is 2.72. The number of halogens is 2. The Bertz CT molecular complexity index is 477. The van der Waals surface area contributed by atoms with E-state index in [1.807, 2.05) is 6.33 Å². The molecule has 1 heterocycles. The van der Waals surface area contributed by atoms with E-state index in [0.717, 1.165) is 10.2 Å². The molecule has 0 unspecified atom stereocenters. The molecule has 0 fully saturated rings. The van der Waals surface area contributed by atoms with Gasteiger partial charge < -0.3 is 4.57 Å². The Labute approximate surface area is 116 Å². The van der Waals surface area contributed by atoms with Gasteiger partial charge in [0.05, 0.1) is 6.33 Å². The third-order valence-electron chi connectivity index (χ3n) is 2.17. The number of imidazole rings is 1. The van der Waals surface area contributed by atoms with Gasteiger partial charge in [-0.1, -0.05) is 29.8 Å². The van der Waals surface area contributed by atoms with Gasteiger partial charge in [-0.3, -0.25) is 0 Å². The van der Waals surface area contributed by atoms with Crippen LogP contribution in [0.4, 0.5) is 0 Å². The van der Waals surface area contributed by atoms with Crippen LogP contribution >= 0.6 is 45.2 Å². The summed E-state index contributed by atoms with van der Waals surface area (Å²) in [6, 6.07) is 8.57. The Balaban J connectivity index is 2.26. The predicted octanol–water partition coefficient (Wildman–Crippen LogP) is 3.45. The molecule has 1 aromatic heterocycles. The molecule has 0 amide bonds. The first-order chi connectivity index (χ1) is 7.16. The molecule has 0 atom stereocenters. The maximum absolute atomic E-state index is 4.28. The van der Waals surface area contributed by atoms with Crippen molar-refractivity contribution in [3.05, 3.63) is 49.1 Å². The lowest BCUT2D eigenvalue weighted by atomic mass is 10.1. The van der Waals surface area contributed by atoms with Gasteiger partial charge in [0.1, 0.15) is 7.40 Å². The summed E-state index contributed by atoms with van der Waals surface area (Å²) in [6.07, 6.45) is 1.89. The molecule has 2 nitrogen and oxygen atoms in total. The van der Waals surface area contributed by atoms with E-state index in [1.54, 1.807) is 0 Å². The van der Waals surface area contributed by atoms with Crippen LogP contribution in [0.5, 0.6) is 0 Å². The van der Waals surface area contributed by atoms with Crippen molar-refractivity contribution in [2.75, 3.05) is 0 Å². The third-order valence-corrected chi connectivity index (χ3v) is 5.12. The number of hydrogen-bond acceptors (Lipinski definition) is 1. The molecule has 2 rings (SSSR count). The van der Waals surface area contributed by atoms with Crippen molar-refractivity contribution in [2.24, 2.45) is 0 Å². The predicted molar refractivity (Wildman–Crippen MR) is 77.9 cm³/mol. The molecule has 0 bridgehead atoms. The number of aryl methyl sites for hydroxylation is 1. The summed E-state index contributed by atoms with van der Waals surface area (Å²) in [5, 5.41) is 0. The van der Waals surface area contributed by atoms with Gasteiger partial charge in [0.15, 0.2) is 0 Å². The molecule has 15 heavy (non-hydrogen) atoms. The van der Waals surface area contributed by atoms with Gasteiger partial charge in [-0.25, -0.2) is 4.98 Å². The summed E-state index contributed by atoms with van der Waals surface area (Å²) in [5.74, 6) is 0. The lowest BCUT2D eigenvalue weighted by molar-refractivity contribution is 0.777. The second-order valence-electron chi connectivity index (χ2n) is 3.44. The van der Waals surface area contributed by atoms with Crippen LogP contribution in [0.3, 0.4) is 0 Å². The summed E-state index contributed by atoms with van der Waals surface area (Å²) in [6.45, 7) is 3.02. The Hall–Kier alpha value is -0.110. The summed E-state index contributed by atoms with van der Waals surface area (Å²) in [4.78, 5) is 4.28. The topological polar surface area (TPSA) is 17.8 Å². The van der Waals surface area contributed by atoms with E-state index in [0.29, 0.717) is 0 Å². The van der Waals surface area contributed by atoms with Crippen LogP contribution in [-0.4, -0.2) is 9.55 Å². The van der Waals surface area contributed by atoms with E-state index in [4.69, 9.17) is 0 Å². The monoisotopic (exact) mass is 424 g/mol. The standard InChI is InChI=1S/C11H10I2N2/c1-8-3-2-4-9(5-8)6-15-7-14-10(12)11(15)13/h2-5,7H,6H2,1H3. The van der Waals surface area contributed by atoms with Crippen molar-refractivity contribution in [1.82, 2.24) is 9.55 Å². The number of aromatic nitrogens is 2. The van der Waals surface area contributed by atoms with Gasteiger partial charge >= 0.3 is 0 Å². The molecule has 0 spiro atoms. The molecule has 0 N–H and O–H groups in total. The van der Waals surface area contributed by atoms with Crippen LogP contribution < -0.4 is 0 Å². The van der Waals surface area contributed by atoms with Crippen molar-refractivity contribution in [2.45, 2.75) is 13.5 Å². The average molecular weight is 424 g/mol. The fraction of sp³-hybridized carbons (Fsp3) is 0.182. The minimum absolute atomic E-state index is 0.899. The van der Waals surface area contributed by atoms with Gasteiger partial charge in [-0.05, 0) is 57.7 Å². The molecule has 78 valence electrons. The molecule has 0 saturated carbocycles. The van der Waals surface area contributed by atoms with Crippen molar-refractivity contribution in [1.29, 1.82) is 0 Å². The van der Waals surface area contributed by atoms with Crippen molar-refractivity contribution in [3.8, 4) is 0 Å². The minimum atomic E-state index is 0.899. The Kier molecular flexibility index (Phi) is 3.65. The highest BCUT2D eigenvalue weighted by atomic mass is 127. The molecule has 2 aromatic rings. The van der Waals surface area contributed by atoms with E-state index < -0.39 is 0 Å². The largest absolute Gasteiger partial charge is 0.321 e. The van der Waals surface area contributed by atoms with Gasteiger partial charge in [0, 0.05) is 6.54 Å². The molecule has 1 aromatic carbocycles. The first-order valence-corrected chi connectivity index (χ1v) is 6.74. The van der Waals surface area contributed by atoms with Gasteiger partial charge in [-0.15, -0.1) is 0 Å². The lowest BCUT2D eigenvalue weighted by Gasteiger charge is -2.05. The maximum Gasteiger partial charge on any atom is 0.132 e. The van der Waals surface area contributed by atoms with Gasteiger partial charge in [-0.2, -0.15) is 0 Å². The zero-order valence-corrected chi connectivity index (χ0v) is 12.6. The Morgan fingerprint density at radius 2 is 2.13 bits per heavy atom. The lowest BCUT2D eigenvalue weighted by Crippen LogP contribution is -2.00. The molecule has 0 aliphatic rings. The van der Waals surface area contributed by atoms with E-state index >= 15 is 0 Å². The molecule has 0 saturated heterocycles. The maximum atomic E-state index is 4.28. The van der Waals surface area contributed by atoms with Crippen LogP contribution in [0.2, 0.25) is 0 Å². The van der Waals surface area contributed by atoms with Crippen molar-refractivity contribution in [3.63, 3.8) is 0 Å². The average Bonchev–Trinajstić information content (AvgIpc) is 2.50. The summed E-state index contributed by atoms with van der Waals surface area (Å²) in [7, 11) is 0. The van der Waals surface area contributed by atoms with Gasteiger partial charge in [0.2, 0.25) is 0 Å². The van der Waals surface area contributed by atoms with Crippen molar-refractivity contribution < 1.29 is 0 Å². The smallest absolute Gasteiger partial charge is 0.132 e. The highest BCUT2D eigenvalue weighted by molar-refractivity contribution is 14.1. The van der Waals surface area contributed by atoms with E-state index in [-0.39, 0.29) is 0 Å². The van der Waals surface area contributed by atoms with Gasteiger partial charge in [0.25, 0.3) is 0 Å². The fourth-order valence-corrected chi connectivity index (χ4v) is 2.33. The van der Waals surface area contributed by atoms with E-state index in [1.165, 1.54) is 14.8 Å². The van der Waals surface area contributed by atoms with E-state index in [2.05, 4.69) is 85.9 Å². The highest BCUT2D eigenvalue weighted by Crippen LogP contribution is 2.15. The number of hydrogen-bond donors (Lipinski definition) is 0. The first kappa shape index (κ1) is 11.4. The number of benzene rings is 1. The molecule has 0 aliphatic carbocycles. The normalized spacial score (nSPS) is 10.6. The quantitative estimate of drug-likeness (QED) is 0.676. The Morgan fingerprint density at radius 3 is 2.73 bits per heavy atom. The highest BCUT2D eigenvalue weighted by Gasteiger charge is 2.04. The molecule has 0 aliphatic heterocycles. The summed E-state index contributed by atoms with van der Waals surface area (Å²) in [5.41, 5.74) is 2.62. The molecular weight excluding hydrogens is 414 g/mol. The summed E-state index contributed by atoms with van der Waals surface area (Å²) >= 11 is 4.58. The first-order valence-electron chi connectivity index (χ1n) is 4.58. The Morgan fingerprint density at radius 1 is 1.33 bits per heavy atom. The second-order valence-corrected chi connectivity index (χ2v) is 5.49. The number of nitrogens with zero attached hydrogens (tertiary/aromatic N) is 2. The molecule has 0 radical (unpaired) electrons. The van der Waals surface area contributed by atoms with Crippen LogP contribution in [0.15, 0.2) is 30.6 Å². The van der Waals surface area contributed by atoms with Crippen molar-refractivity contribution >= 4 is 45.2 Å². The molecule has 4 heteroatoms. The second kappa shape index (κ2) is 4.82. The summed E-state index contributed by atoms with van der Waals surface area (Å²) < 4.78 is 4.44. The fourth-order valence-electron chi connectivity index (χ4n) is 1.46. The zero-order chi connectivity index (χ0) is 10.8.